The lowest BCUT2D eigenvalue weighted by Gasteiger charge is -2.25. The first-order chi connectivity index (χ1) is 14.3. The Balaban J connectivity index is 1.54. The fourth-order valence-corrected chi connectivity index (χ4v) is 4.22. The number of nitro groups is 1. The number of fused-ring (bicyclic) bond motifs is 1. The summed E-state index contributed by atoms with van der Waals surface area (Å²) < 4.78 is 5.27. The molecule has 2 aromatic carbocycles. The Labute approximate surface area is 172 Å². The SMILES string of the molecule is C[C@H]1CC[C@@H]2C(=O)N(c3cccc(C(=O)Oc4ccc([N+](=O)[O-])cc4)c3)C(=O)[C@@H]2C1. The molecule has 2 fully saturated rings. The topological polar surface area (TPSA) is 107 Å². The Morgan fingerprint density at radius 3 is 2.47 bits per heavy atom. The number of nitrogens with zero attached hydrogens (tertiary/aromatic N) is 2. The maximum Gasteiger partial charge on any atom is 0.343 e. The van der Waals surface area contributed by atoms with Crippen molar-refractivity contribution in [1.29, 1.82) is 0 Å². The van der Waals surface area contributed by atoms with Crippen LogP contribution in [-0.4, -0.2) is 22.7 Å². The van der Waals surface area contributed by atoms with E-state index in [2.05, 4.69) is 6.92 Å². The quantitative estimate of drug-likeness (QED) is 0.251. The van der Waals surface area contributed by atoms with Crippen LogP contribution in [0.5, 0.6) is 5.75 Å². The molecule has 0 radical (unpaired) electrons. The summed E-state index contributed by atoms with van der Waals surface area (Å²) in [4.78, 5) is 49.6. The molecule has 4 rings (SSSR count). The number of carbonyl (C=O) groups excluding carboxylic acids is 3. The van der Waals surface area contributed by atoms with Crippen LogP contribution in [-0.2, 0) is 9.59 Å². The Morgan fingerprint density at radius 1 is 1.07 bits per heavy atom. The van der Waals surface area contributed by atoms with Crippen molar-refractivity contribution in [3.05, 3.63) is 64.2 Å². The summed E-state index contributed by atoms with van der Waals surface area (Å²) in [7, 11) is 0. The van der Waals surface area contributed by atoms with E-state index < -0.39 is 10.9 Å². The zero-order valence-corrected chi connectivity index (χ0v) is 16.3. The molecule has 2 amide bonds. The van der Waals surface area contributed by atoms with Gasteiger partial charge in [-0.05, 0) is 55.5 Å². The average Bonchev–Trinajstić information content (AvgIpc) is 2.98. The van der Waals surface area contributed by atoms with Gasteiger partial charge in [-0.15, -0.1) is 0 Å². The molecule has 1 aliphatic heterocycles. The average molecular weight is 408 g/mol. The van der Waals surface area contributed by atoms with Crippen LogP contribution >= 0.6 is 0 Å². The molecule has 3 atom stereocenters. The van der Waals surface area contributed by atoms with Crippen LogP contribution in [0.25, 0.3) is 0 Å². The highest BCUT2D eigenvalue weighted by atomic mass is 16.6. The van der Waals surface area contributed by atoms with E-state index in [0.717, 1.165) is 6.42 Å². The van der Waals surface area contributed by atoms with Gasteiger partial charge in [0, 0.05) is 12.1 Å². The molecule has 30 heavy (non-hydrogen) atoms. The smallest absolute Gasteiger partial charge is 0.343 e. The van der Waals surface area contributed by atoms with Crippen molar-refractivity contribution in [2.75, 3.05) is 4.90 Å². The molecular formula is C22H20N2O6. The van der Waals surface area contributed by atoms with Crippen molar-refractivity contribution in [3.8, 4) is 5.75 Å². The van der Waals surface area contributed by atoms with E-state index in [1.165, 1.54) is 41.3 Å². The first kappa shape index (κ1) is 19.8. The second-order valence-corrected chi connectivity index (χ2v) is 7.83. The molecule has 8 heteroatoms. The first-order valence-corrected chi connectivity index (χ1v) is 9.79. The minimum Gasteiger partial charge on any atom is -0.423 e. The maximum absolute atomic E-state index is 12.9. The summed E-state index contributed by atoms with van der Waals surface area (Å²) in [5.74, 6) is -1.12. The third-order valence-corrected chi connectivity index (χ3v) is 5.79. The fraction of sp³-hybridized carbons (Fsp3) is 0.318. The van der Waals surface area contributed by atoms with Gasteiger partial charge in [0.1, 0.15) is 5.75 Å². The number of rotatable bonds is 4. The molecular weight excluding hydrogens is 388 g/mol. The number of anilines is 1. The molecule has 1 aliphatic carbocycles. The predicted molar refractivity (Wildman–Crippen MR) is 107 cm³/mol. The fourth-order valence-electron chi connectivity index (χ4n) is 4.22. The van der Waals surface area contributed by atoms with Crippen LogP contribution in [0.15, 0.2) is 48.5 Å². The van der Waals surface area contributed by atoms with Gasteiger partial charge in [-0.1, -0.05) is 13.0 Å². The number of esters is 1. The van der Waals surface area contributed by atoms with E-state index in [1.807, 2.05) is 0 Å². The van der Waals surface area contributed by atoms with E-state index in [0.29, 0.717) is 24.4 Å². The lowest BCUT2D eigenvalue weighted by Crippen LogP contribution is -2.31. The summed E-state index contributed by atoms with van der Waals surface area (Å²) in [6.45, 7) is 2.09. The van der Waals surface area contributed by atoms with Gasteiger partial charge in [-0.25, -0.2) is 4.79 Å². The second-order valence-electron chi connectivity index (χ2n) is 7.83. The van der Waals surface area contributed by atoms with E-state index in [-0.39, 0.29) is 40.7 Å². The monoisotopic (exact) mass is 408 g/mol. The predicted octanol–water partition coefficient (Wildman–Crippen LogP) is 3.74. The van der Waals surface area contributed by atoms with Gasteiger partial charge in [0.15, 0.2) is 0 Å². The zero-order valence-electron chi connectivity index (χ0n) is 16.3. The van der Waals surface area contributed by atoms with Crippen LogP contribution in [0.4, 0.5) is 11.4 Å². The molecule has 0 unspecified atom stereocenters. The number of ether oxygens (including phenoxy) is 1. The molecule has 1 saturated heterocycles. The molecule has 1 saturated carbocycles. The maximum atomic E-state index is 12.9. The summed E-state index contributed by atoms with van der Waals surface area (Å²) in [6, 6.07) is 11.3. The van der Waals surface area contributed by atoms with Crippen LogP contribution in [0.2, 0.25) is 0 Å². The number of carbonyl (C=O) groups is 3. The number of benzene rings is 2. The van der Waals surface area contributed by atoms with Crippen molar-refractivity contribution in [2.24, 2.45) is 17.8 Å². The Bertz CT molecular complexity index is 1030. The Hall–Kier alpha value is -3.55. The van der Waals surface area contributed by atoms with Gasteiger partial charge in [-0.3, -0.25) is 24.6 Å². The normalized spacial score (nSPS) is 23.2. The molecule has 1 heterocycles. The minimum absolute atomic E-state index is 0.112. The van der Waals surface area contributed by atoms with Crippen LogP contribution < -0.4 is 9.64 Å². The highest BCUT2D eigenvalue weighted by Crippen LogP contribution is 2.42. The van der Waals surface area contributed by atoms with Gasteiger partial charge < -0.3 is 4.74 Å². The van der Waals surface area contributed by atoms with Crippen molar-refractivity contribution < 1.29 is 24.0 Å². The summed E-state index contributed by atoms with van der Waals surface area (Å²) in [5, 5.41) is 10.7. The van der Waals surface area contributed by atoms with Gasteiger partial charge in [0.2, 0.25) is 11.8 Å². The van der Waals surface area contributed by atoms with E-state index in [4.69, 9.17) is 4.74 Å². The van der Waals surface area contributed by atoms with E-state index >= 15 is 0 Å². The number of amides is 2. The Morgan fingerprint density at radius 2 is 1.77 bits per heavy atom. The minimum atomic E-state index is -0.684. The van der Waals surface area contributed by atoms with Gasteiger partial charge in [-0.2, -0.15) is 0 Å². The lowest BCUT2D eigenvalue weighted by atomic mass is 9.76. The van der Waals surface area contributed by atoms with Crippen molar-refractivity contribution >= 4 is 29.2 Å². The standard InChI is InChI=1S/C22H20N2O6/c1-13-5-10-18-19(11-13)21(26)23(20(18)25)16-4-2-3-14(12-16)22(27)30-17-8-6-15(7-9-17)24(28)29/h2-4,6-9,12-13,18-19H,5,10-11H2,1H3/t13-,18-,19+/m0/s1. The number of hydrogen-bond donors (Lipinski definition) is 0. The first-order valence-electron chi connectivity index (χ1n) is 9.79. The molecule has 2 aliphatic rings. The molecule has 154 valence electrons. The molecule has 2 aromatic rings. The van der Waals surface area contributed by atoms with E-state index in [1.54, 1.807) is 12.1 Å². The van der Waals surface area contributed by atoms with E-state index in [9.17, 15) is 24.5 Å². The van der Waals surface area contributed by atoms with Crippen molar-refractivity contribution in [1.82, 2.24) is 0 Å². The Kier molecular flexibility index (Phi) is 5.07. The van der Waals surface area contributed by atoms with Crippen LogP contribution in [0.3, 0.4) is 0 Å². The number of non-ortho nitro benzene ring substituents is 1. The highest BCUT2D eigenvalue weighted by molar-refractivity contribution is 6.22. The van der Waals surface area contributed by atoms with Gasteiger partial charge in [0.05, 0.1) is 28.0 Å². The molecule has 0 aromatic heterocycles. The molecule has 0 N–H and O–H groups in total. The molecule has 8 nitrogen and oxygen atoms in total. The number of imide groups is 1. The lowest BCUT2D eigenvalue weighted by molar-refractivity contribution is -0.384. The molecule has 0 bridgehead atoms. The highest BCUT2D eigenvalue weighted by Gasteiger charge is 2.50. The second kappa shape index (κ2) is 7.70. The summed E-state index contributed by atoms with van der Waals surface area (Å²) in [6.07, 6.45) is 2.33. The number of hydrogen-bond acceptors (Lipinski definition) is 6. The van der Waals surface area contributed by atoms with Crippen molar-refractivity contribution in [2.45, 2.75) is 26.2 Å². The summed E-state index contributed by atoms with van der Waals surface area (Å²) in [5.41, 5.74) is 0.415. The van der Waals surface area contributed by atoms with Gasteiger partial charge >= 0.3 is 5.97 Å². The summed E-state index contributed by atoms with van der Waals surface area (Å²) >= 11 is 0. The zero-order chi connectivity index (χ0) is 21.4. The number of nitro benzene ring substituents is 1. The van der Waals surface area contributed by atoms with Crippen LogP contribution in [0.1, 0.15) is 36.5 Å². The molecule has 0 spiro atoms. The third kappa shape index (κ3) is 3.56. The largest absolute Gasteiger partial charge is 0.423 e. The van der Waals surface area contributed by atoms with Crippen LogP contribution in [0, 0.1) is 27.9 Å². The van der Waals surface area contributed by atoms with Crippen molar-refractivity contribution in [3.63, 3.8) is 0 Å². The third-order valence-electron chi connectivity index (χ3n) is 5.79. The van der Waals surface area contributed by atoms with Gasteiger partial charge in [0.25, 0.3) is 5.69 Å².